The molecule has 0 spiro atoms. The number of phenolic OH excluding ortho intramolecular Hbond substituents is 2. The van der Waals surface area contributed by atoms with Gasteiger partial charge in [-0.05, 0) is 12.1 Å². The Balaban J connectivity index is 0.000001000. The van der Waals surface area contributed by atoms with E-state index < -0.39 is 0 Å². The van der Waals surface area contributed by atoms with Crippen LogP contribution in [0.3, 0.4) is 0 Å². The highest BCUT2D eigenvalue weighted by molar-refractivity contribution is 14.0. The van der Waals surface area contributed by atoms with Gasteiger partial charge in [-0.1, -0.05) is 0 Å². The molecule has 2 N–H and O–H groups in total. The molecule has 1 aromatic rings. The number of aldehydes is 1. The SMILES string of the molecule is I.O=Cc1ccc(O)cc1O. The molecule has 1 rings (SSSR count). The van der Waals surface area contributed by atoms with Crippen LogP contribution in [0.4, 0.5) is 0 Å². The Kier molecular flexibility index (Phi) is 3.88. The molecule has 0 aliphatic heterocycles. The van der Waals surface area contributed by atoms with E-state index in [1.807, 2.05) is 0 Å². The van der Waals surface area contributed by atoms with E-state index in [1.165, 1.54) is 12.1 Å². The lowest BCUT2D eigenvalue weighted by atomic mass is 10.2. The Morgan fingerprint density at radius 1 is 1.27 bits per heavy atom. The van der Waals surface area contributed by atoms with E-state index in [2.05, 4.69) is 0 Å². The monoisotopic (exact) mass is 266 g/mol. The number of rotatable bonds is 1. The minimum atomic E-state index is -0.199. The third kappa shape index (κ3) is 2.38. The van der Waals surface area contributed by atoms with Gasteiger partial charge < -0.3 is 10.2 Å². The molecule has 0 saturated carbocycles. The van der Waals surface area contributed by atoms with Crippen molar-refractivity contribution in [2.45, 2.75) is 0 Å². The molecule has 0 unspecified atom stereocenters. The van der Waals surface area contributed by atoms with E-state index in [0.29, 0.717) is 6.29 Å². The summed E-state index contributed by atoms with van der Waals surface area (Å²) in [6.07, 6.45) is 0.523. The van der Waals surface area contributed by atoms with E-state index in [1.54, 1.807) is 0 Å². The fourth-order valence-electron chi connectivity index (χ4n) is 0.632. The standard InChI is InChI=1S/C7H6O3.HI/c8-4-5-1-2-6(9)3-7(5)10;/h1-4,9-10H;1H. The van der Waals surface area contributed by atoms with Gasteiger partial charge in [0.2, 0.25) is 0 Å². The van der Waals surface area contributed by atoms with Gasteiger partial charge in [0.15, 0.2) is 6.29 Å². The maximum atomic E-state index is 10.1. The molecule has 4 heteroatoms. The zero-order valence-electron chi connectivity index (χ0n) is 5.52. The van der Waals surface area contributed by atoms with E-state index in [4.69, 9.17) is 10.2 Å². The van der Waals surface area contributed by atoms with Crippen molar-refractivity contribution in [3.8, 4) is 11.5 Å². The second-order valence-corrected chi connectivity index (χ2v) is 1.86. The summed E-state index contributed by atoms with van der Waals surface area (Å²) in [5.74, 6) is -0.252. The summed E-state index contributed by atoms with van der Waals surface area (Å²) in [5, 5.41) is 17.7. The van der Waals surface area contributed by atoms with Gasteiger partial charge in [-0.15, -0.1) is 24.0 Å². The second kappa shape index (κ2) is 4.17. The summed E-state index contributed by atoms with van der Waals surface area (Å²) < 4.78 is 0. The van der Waals surface area contributed by atoms with Crippen molar-refractivity contribution in [2.24, 2.45) is 0 Å². The molecule has 0 bridgehead atoms. The molecule has 0 radical (unpaired) electrons. The fourth-order valence-corrected chi connectivity index (χ4v) is 0.632. The van der Waals surface area contributed by atoms with Crippen molar-refractivity contribution in [3.05, 3.63) is 23.8 Å². The summed E-state index contributed by atoms with van der Waals surface area (Å²) in [5.41, 5.74) is 0.179. The number of carbonyl (C=O) groups is 1. The molecule has 60 valence electrons. The highest BCUT2D eigenvalue weighted by atomic mass is 127. The van der Waals surface area contributed by atoms with Crippen LogP contribution in [0.5, 0.6) is 11.5 Å². The van der Waals surface area contributed by atoms with Crippen LogP contribution >= 0.6 is 24.0 Å². The normalized spacial score (nSPS) is 8.36. The Bertz CT molecular complexity index is 260. The molecule has 0 amide bonds. The van der Waals surface area contributed by atoms with Crippen LogP contribution in [0.25, 0.3) is 0 Å². The summed E-state index contributed by atoms with van der Waals surface area (Å²) in [4.78, 5) is 10.1. The van der Waals surface area contributed by atoms with Gasteiger partial charge in [-0.3, -0.25) is 4.79 Å². The quantitative estimate of drug-likeness (QED) is 0.598. The first-order chi connectivity index (χ1) is 4.74. The molecular weight excluding hydrogens is 259 g/mol. The lowest BCUT2D eigenvalue weighted by molar-refractivity contribution is 0.112. The number of carbonyl (C=O) groups excluding carboxylic acids is 1. The highest BCUT2D eigenvalue weighted by Gasteiger charge is 1.98. The third-order valence-electron chi connectivity index (χ3n) is 1.14. The third-order valence-corrected chi connectivity index (χ3v) is 1.14. The number of phenols is 2. The lowest BCUT2D eigenvalue weighted by Gasteiger charge is -1.95. The molecule has 11 heavy (non-hydrogen) atoms. The summed E-state index contributed by atoms with van der Waals surface area (Å²) in [6, 6.07) is 3.80. The fraction of sp³-hybridized carbons (Fsp3) is 0. The Labute approximate surface area is 80.7 Å². The largest absolute Gasteiger partial charge is 0.508 e. The van der Waals surface area contributed by atoms with Crippen molar-refractivity contribution in [1.82, 2.24) is 0 Å². The van der Waals surface area contributed by atoms with Crippen LogP contribution in [-0.4, -0.2) is 16.5 Å². The zero-order chi connectivity index (χ0) is 7.56. The van der Waals surface area contributed by atoms with Crippen molar-refractivity contribution >= 4 is 30.3 Å². The molecule has 0 aliphatic rings. The van der Waals surface area contributed by atoms with Gasteiger partial charge in [0.25, 0.3) is 0 Å². The van der Waals surface area contributed by atoms with Crippen molar-refractivity contribution in [2.75, 3.05) is 0 Å². The van der Waals surface area contributed by atoms with Gasteiger partial charge in [0, 0.05) is 6.07 Å². The average molecular weight is 266 g/mol. The number of benzene rings is 1. The van der Waals surface area contributed by atoms with Gasteiger partial charge in [0.05, 0.1) is 5.56 Å². The first-order valence-electron chi connectivity index (χ1n) is 2.71. The van der Waals surface area contributed by atoms with E-state index in [0.717, 1.165) is 6.07 Å². The molecule has 3 nitrogen and oxygen atoms in total. The lowest BCUT2D eigenvalue weighted by Crippen LogP contribution is -1.78. The van der Waals surface area contributed by atoms with Gasteiger partial charge in [0.1, 0.15) is 11.5 Å². The Hall–Kier alpha value is -0.780. The summed E-state index contributed by atoms with van der Waals surface area (Å²) >= 11 is 0. The number of hydrogen-bond donors (Lipinski definition) is 2. The predicted octanol–water partition coefficient (Wildman–Crippen LogP) is 1.53. The first-order valence-corrected chi connectivity index (χ1v) is 2.71. The van der Waals surface area contributed by atoms with Crippen LogP contribution in [0.1, 0.15) is 10.4 Å². The van der Waals surface area contributed by atoms with Gasteiger partial charge in [-0.25, -0.2) is 0 Å². The first kappa shape index (κ1) is 10.2. The molecule has 0 saturated heterocycles. The topological polar surface area (TPSA) is 57.5 Å². The molecule has 0 fully saturated rings. The minimum Gasteiger partial charge on any atom is -0.508 e. The van der Waals surface area contributed by atoms with Crippen molar-refractivity contribution in [1.29, 1.82) is 0 Å². The van der Waals surface area contributed by atoms with E-state index in [9.17, 15) is 4.79 Å². The van der Waals surface area contributed by atoms with E-state index in [-0.39, 0.29) is 41.0 Å². The number of aromatic hydroxyl groups is 2. The summed E-state index contributed by atoms with van der Waals surface area (Å²) in [7, 11) is 0. The van der Waals surface area contributed by atoms with Crippen molar-refractivity contribution in [3.63, 3.8) is 0 Å². The van der Waals surface area contributed by atoms with Crippen LogP contribution in [0.15, 0.2) is 18.2 Å². The molecule has 0 atom stereocenters. The smallest absolute Gasteiger partial charge is 0.153 e. The van der Waals surface area contributed by atoms with Crippen molar-refractivity contribution < 1.29 is 15.0 Å². The molecule has 0 aromatic heterocycles. The molecule has 0 aliphatic carbocycles. The van der Waals surface area contributed by atoms with Crippen LogP contribution < -0.4 is 0 Å². The average Bonchev–Trinajstić information content (AvgIpc) is 1.88. The maximum Gasteiger partial charge on any atom is 0.153 e. The van der Waals surface area contributed by atoms with Gasteiger partial charge >= 0.3 is 0 Å². The molecule has 1 aromatic carbocycles. The predicted molar refractivity (Wildman–Crippen MR) is 50.6 cm³/mol. The Morgan fingerprint density at radius 3 is 2.36 bits per heavy atom. The zero-order valence-corrected chi connectivity index (χ0v) is 7.85. The van der Waals surface area contributed by atoms with E-state index >= 15 is 0 Å². The maximum absolute atomic E-state index is 10.1. The molecule has 0 heterocycles. The molecular formula is C7H7IO3. The van der Waals surface area contributed by atoms with Crippen LogP contribution in [0.2, 0.25) is 0 Å². The number of halogens is 1. The van der Waals surface area contributed by atoms with Crippen LogP contribution in [0, 0.1) is 0 Å². The van der Waals surface area contributed by atoms with Crippen LogP contribution in [-0.2, 0) is 0 Å². The van der Waals surface area contributed by atoms with Gasteiger partial charge in [-0.2, -0.15) is 0 Å². The second-order valence-electron chi connectivity index (χ2n) is 1.86. The number of hydrogen-bond acceptors (Lipinski definition) is 3. The minimum absolute atomic E-state index is 0. The summed E-state index contributed by atoms with van der Waals surface area (Å²) in [6.45, 7) is 0. The Morgan fingerprint density at radius 2 is 1.91 bits per heavy atom. The highest BCUT2D eigenvalue weighted by Crippen LogP contribution is 2.20.